The van der Waals surface area contributed by atoms with Crippen molar-refractivity contribution in [2.45, 2.75) is 38.5 Å². The number of rotatable bonds is 8. The van der Waals surface area contributed by atoms with E-state index in [4.69, 9.17) is 0 Å². The fraction of sp³-hybridized carbons (Fsp3) is 0.269. The molecule has 0 aromatic heterocycles. The van der Waals surface area contributed by atoms with Crippen LogP contribution in [0.25, 0.3) is 0 Å². The van der Waals surface area contributed by atoms with Crippen molar-refractivity contribution in [3.05, 3.63) is 95.1 Å². The van der Waals surface area contributed by atoms with Gasteiger partial charge in [0.1, 0.15) is 6.54 Å². The number of carbonyl (C=O) groups excluding carboxylic acids is 1. The molecule has 3 aromatic rings. The van der Waals surface area contributed by atoms with Crippen LogP contribution in [-0.4, -0.2) is 27.4 Å². The highest BCUT2D eigenvalue weighted by Gasteiger charge is 2.28. The predicted molar refractivity (Wildman–Crippen MR) is 129 cm³/mol. The van der Waals surface area contributed by atoms with E-state index in [9.17, 15) is 13.2 Å². The van der Waals surface area contributed by atoms with Crippen LogP contribution in [0.1, 0.15) is 35.1 Å². The van der Waals surface area contributed by atoms with Crippen LogP contribution in [0.2, 0.25) is 0 Å². The molecule has 6 heteroatoms. The Morgan fingerprint density at radius 1 is 0.906 bits per heavy atom. The second kappa shape index (κ2) is 10.0. The molecule has 32 heavy (non-hydrogen) atoms. The number of carbonyl (C=O) groups is 1. The SMILES string of the molecule is Cc1ccc(S(=O)(=O)N(CC(=O)NC[C@H](C)c2ccccc2)c2ccc(C)cc2C)cc1. The number of hydrogen-bond acceptors (Lipinski definition) is 3. The van der Waals surface area contributed by atoms with E-state index in [-0.39, 0.29) is 23.3 Å². The summed E-state index contributed by atoms with van der Waals surface area (Å²) >= 11 is 0. The number of amides is 1. The molecule has 1 amide bonds. The lowest BCUT2D eigenvalue weighted by molar-refractivity contribution is -0.119. The molecular formula is C26H30N2O3S. The molecule has 0 aliphatic carbocycles. The maximum atomic E-state index is 13.5. The Bertz CT molecular complexity index is 1170. The Kier molecular flexibility index (Phi) is 7.36. The molecule has 0 aliphatic heterocycles. The second-order valence-electron chi connectivity index (χ2n) is 8.23. The Labute approximate surface area is 191 Å². The summed E-state index contributed by atoms with van der Waals surface area (Å²) in [6, 6.07) is 22.1. The summed E-state index contributed by atoms with van der Waals surface area (Å²) in [6.07, 6.45) is 0. The molecule has 168 valence electrons. The average molecular weight is 451 g/mol. The minimum atomic E-state index is -3.92. The van der Waals surface area contributed by atoms with Crippen molar-refractivity contribution >= 4 is 21.6 Å². The van der Waals surface area contributed by atoms with E-state index in [1.54, 1.807) is 30.3 Å². The van der Waals surface area contributed by atoms with E-state index >= 15 is 0 Å². The van der Waals surface area contributed by atoms with Gasteiger partial charge in [0.2, 0.25) is 5.91 Å². The Hall–Kier alpha value is -3.12. The molecule has 1 atom stereocenters. The minimum absolute atomic E-state index is 0.114. The zero-order chi connectivity index (χ0) is 23.3. The van der Waals surface area contributed by atoms with E-state index < -0.39 is 10.0 Å². The normalized spacial score (nSPS) is 12.2. The first kappa shape index (κ1) is 23.5. The van der Waals surface area contributed by atoms with Crippen molar-refractivity contribution in [3.63, 3.8) is 0 Å². The third-order valence-corrected chi connectivity index (χ3v) is 7.27. The van der Waals surface area contributed by atoms with Gasteiger partial charge in [0.05, 0.1) is 10.6 Å². The summed E-state index contributed by atoms with van der Waals surface area (Å²) < 4.78 is 28.2. The first-order chi connectivity index (χ1) is 15.2. The largest absolute Gasteiger partial charge is 0.354 e. The highest BCUT2D eigenvalue weighted by molar-refractivity contribution is 7.92. The summed E-state index contributed by atoms with van der Waals surface area (Å²) in [6.45, 7) is 7.87. The molecule has 0 unspecified atom stereocenters. The zero-order valence-electron chi connectivity index (χ0n) is 19.0. The van der Waals surface area contributed by atoms with Gasteiger partial charge >= 0.3 is 0 Å². The van der Waals surface area contributed by atoms with Gasteiger partial charge in [-0.05, 0) is 56.0 Å². The number of hydrogen-bond donors (Lipinski definition) is 1. The van der Waals surface area contributed by atoms with Crippen molar-refractivity contribution in [2.75, 3.05) is 17.4 Å². The predicted octanol–water partition coefficient (Wildman–Crippen LogP) is 4.73. The van der Waals surface area contributed by atoms with Crippen molar-refractivity contribution in [2.24, 2.45) is 0 Å². The van der Waals surface area contributed by atoms with Gasteiger partial charge in [-0.2, -0.15) is 0 Å². The molecule has 0 bridgehead atoms. The van der Waals surface area contributed by atoms with Gasteiger partial charge in [-0.25, -0.2) is 8.42 Å². The van der Waals surface area contributed by atoms with Crippen LogP contribution in [-0.2, 0) is 14.8 Å². The van der Waals surface area contributed by atoms with Crippen LogP contribution in [0.15, 0.2) is 77.7 Å². The maximum Gasteiger partial charge on any atom is 0.264 e. The number of anilines is 1. The van der Waals surface area contributed by atoms with Gasteiger partial charge in [-0.3, -0.25) is 9.10 Å². The van der Waals surface area contributed by atoms with Crippen LogP contribution >= 0.6 is 0 Å². The Morgan fingerprint density at radius 3 is 2.16 bits per heavy atom. The van der Waals surface area contributed by atoms with Gasteiger partial charge < -0.3 is 5.32 Å². The number of benzene rings is 3. The summed E-state index contributed by atoms with van der Waals surface area (Å²) in [5, 5.41) is 2.90. The molecule has 1 N–H and O–H groups in total. The molecule has 0 radical (unpaired) electrons. The van der Waals surface area contributed by atoms with E-state index in [1.165, 1.54) is 4.31 Å². The molecule has 0 saturated carbocycles. The zero-order valence-corrected chi connectivity index (χ0v) is 19.8. The number of nitrogens with zero attached hydrogens (tertiary/aromatic N) is 1. The summed E-state index contributed by atoms with van der Waals surface area (Å²) in [7, 11) is -3.92. The molecule has 0 spiro atoms. The molecular weight excluding hydrogens is 420 g/mol. The minimum Gasteiger partial charge on any atom is -0.354 e. The molecule has 3 rings (SSSR count). The quantitative estimate of drug-likeness (QED) is 0.540. The van der Waals surface area contributed by atoms with Gasteiger partial charge in [-0.1, -0.05) is 72.6 Å². The van der Waals surface area contributed by atoms with E-state index in [0.29, 0.717) is 12.2 Å². The van der Waals surface area contributed by atoms with Crippen molar-refractivity contribution < 1.29 is 13.2 Å². The smallest absolute Gasteiger partial charge is 0.264 e. The Balaban J connectivity index is 1.85. The van der Waals surface area contributed by atoms with Gasteiger partial charge in [-0.15, -0.1) is 0 Å². The molecule has 0 saturated heterocycles. The van der Waals surface area contributed by atoms with Crippen LogP contribution < -0.4 is 9.62 Å². The van der Waals surface area contributed by atoms with Gasteiger partial charge in [0, 0.05) is 6.54 Å². The average Bonchev–Trinajstić information content (AvgIpc) is 2.77. The van der Waals surface area contributed by atoms with Gasteiger partial charge in [0.25, 0.3) is 10.0 Å². The van der Waals surface area contributed by atoms with Crippen LogP contribution in [0.4, 0.5) is 5.69 Å². The second-order valence-corrected chi connectivity index (χ2v) is 10.1. The molecule has 0 aliphatic rings. The van der Waals surface area contributed by atoms with Crippen LogP contribution in [0, 0.1) is 20.8 Å². The molecule has 0 fully saturated rings. The van der Waals surface area contributed by atoms with E-state index in [0.717, 1.165) is 22.3 Å². The molecule has 3 aromatic carbocycles. The van der Waals surface area contributed by atoms with E-state index in [1.807, 2.05) is 70.2 Å². The third kappa shape index (κ3) is 5.56. The topological polar surface area (TPSA) is 66.5 Å². The third-order valence-electron chi connectivity index (χ3n) is 5.49. The lowest BCUT2D eigenvalue weighted by Crippen LogP contribution is -2.42. The summed E-state index contributed by atoms with van der Waals surface area (Å²) in [5.74, 6) is -0.230. The van der Waals surface area contributed by atoms with Crippen LogP contribution in [0.3, 0.4) is 0 Å². The number of sulfonamides is 1. The lowest BCUT2D eigenvalue weighted by Gasteiger charge is -2.26. The lowest BCUT2D eigenvalue weighted by atomic mass is 10.0. The fourth-order valence-corrected chi connectivity index (χ4v) is 5.06. The first-order valence-electron chi connectivity index (χ1n) is 10.7. The standard InChI is InChI=1S/C26H30N2O3S/c1-19-10-13-24(14-11-19)32(30,31)28(25-15-12-20(2)16-21(25)3)18-26(29)27-17-22(4)23-8-6-5-7-9-23/h5-16,22H,17-18H2,1-4H3,(H,27,29)/t22-/m0/s1. The van der Waals surface area contributed by atoms with Crippen LogP contribution in [0.5, 0.6) is 0 Å². The summed E-state index contributed by atoms with van der Waals surface area (Å²) in [4.78, 5) is 13.0. The maximum absolute atomic E-state index is 13.5. The monoisotopic (exact) mass is 450 g/mol. The molecule has 5 nitrogen and oxygen atoms in total. The number of aryl methyl sites for hydroxylation is 3. The highest BCUT2D eigenvalue weighted by atomic mass is 32.2. The van der Waals surface area contributed by atoms with Crippen molar-refractivity contribution in [1.29, 1.82) is 0 Å². The van der Waals surface area contributed by atoms with E-state index in [2.05, 4.69) is 5.32 Å². The Morgan fingerprint density at radius 2 is 1.53 bits per heavy atom. The van der Waals surface area contributed by atoms with Crippen molar-refractivity contribution in [3.8, 4) is 0 Å². The highest BCUT2D eigenvalue weighted by Crippen LogP contribution is 2.27. The summed E-state index contributed by atoms with van der Waals surface area (Å²) in [5.41, 5.74) is 4.41. The first-order valence-corrected chi connectivity index (χ1v) is 12.1. The van der Waals surface area contributed by atoms with Gasteiger partial charge in [0.15, 0.2) is 0 Å². The number of nitrogens with one attached hydrogen (secondary N) is 1. The fourth-order valence-electron chi connectivity index (χ4n) is 3.58. The molecule has 0 heterocycles. The van der Waals surface area contributed by atoms with Crippen molar-refractivity contribution in [1.82, 2.24) is 5.32 Å².